The van der Waals surface area contributed by atoms with Gasteiger partial charge >= 0.3 is 6.18 Å². The number of non-ortho nitro benzene ring substituents is 1. The number of rotatable bonds is 6. The highest BCUT2D eigenvalue weighted by molar-refractivity contribution is 5.95. The highest BCUT2D eigenvalue weighted by atomic mass is 19.4. The first-order chi connectivity index (χ1) is 11.8. The number of ether oxygens (including phenoxy) is 1. The van der Waals surface area contributed by atoms with Crippen molar-refractivity contribution in [3.05, 3.63) is 64.0 Å². The fraction of sp³-hybridized carbons (Fsp3) is 0.200. The Hall–Kier alpha value is -3.17. The predicted octanol–water partition coefficient (Wildman–Crippen LogP) is 2.82. The predicted molar refractivity (Wildman–Crippen MR) is 80.2 cm³/mol. The second-order valence-corrected chi connectivity index (χ2v) is 4.81. The molecule has 1 N–H and O–H groups in total. The minimum atomic E-state index is -4.80. The number of aromatic nitrogens is 1. The van der Waals surface area contributed by atoms with Crippen molar-refractivity contribution in [1.82, 2.24) is 10.3 Å². The number of alkyl halides is 3. The Kier molecular flexibility index (Phi) is 5.52. The lowest BCUT2D eigenvalue weighted by molar-refractivity contribution is -0.385. The van der Waals surface area contributed by atoms with Gasteiger partial charge < -0.3 is 10.1 Å². The molecule has 1 aromatic carbocycles. The van der Waals surface area contributed by atoms with Crippen molar-refractivity contribution in [3.8, 4) is 5.75 Å². The monoisotopic (exact) mass is 355 g/mol. The van der Waals surface area contributed by atoms with Gasteiger partial charge in [0.05, 0.1) is 17.0 Å². The van der Waals surface area contributed by atoms with Crippen LogP contribution in [0.15, 0.2) is 42.7 Å². The third kappa shape index (κ3) is 5.16. The fourth-order valence-electron chi connectivity index (χ4n) is 1.88. The number of carbonyl (C=O) groups is 1. The third-order valence-electron chi connectivity index (χ3n) is 3.02. The van der Waals surface area contributed by atoms with Crippen molar-refractivity contribution < 1.29 is 27.6 Å². The molecule has 1 heterocycles. The zero-order chi connectivity index (χ0) is 18.4. The molecule has 0 aliphatic carbocycles. The molecule has 2 rings (SSSR count). The van der Waals surface area contributed by atoms with Crippen LogP contribution in [-0.2, 0) is 6.18 Å². The van der Waals surface area contributed by atoms with Gasteiger partial charge in [-0.05, 0) is 18.2 Å². The Morgan fingerprint density at radius 3 is 2.52 bits per heavy atom. The molecule has 1 amide bonds. The number of halogens is 3. The molecule has 0 bridgehead atoms. The van der Waals surface area contributed by atoms with Crippen LogP contribution in [0.1, 0.15) is 15.9 Å². The number of nitro benzene ring substituents is 1. The summed E-state index contributed by atoms with van der Waals surface area (Å²) in [5.74, 6) is -0.355. The van der Waals surface area contributed by atoms with Gasteiger partial charge in [-0.2, -0.15) is 13.2 Å². The van der Waals surface area contributed by atoms with Gasteiger partial charge in [-0.25, -0.2) is 0 Å². The lowest BCUT2D eigenvalue weighted by atomic mass is 10.1. The van der Waals surface area contributed by atoms with Crippen LogP contribution in [0, 0.1) is 10.1 Å². The average Bonchev–Trinajstić information content (AvgIpc) is 2.58. The van der Waals surface area contributed by atoms with E-state index >= 15 is 0 Å². The summed E-state index contributed by atoms with van der Waals surface area (Å²) in [5, 5.41) is 13.1. The highest BCUT2D eigenvalue weighted by Gasteiger charge is 2.33. The van der Waals surface area contributed by atoms with E-state index in [0.29, 0.717) is 17.9 Å². The Bertz CT molecular complexity index is 766. The van der Waals surface area contributed by atoms with Gasteiger partial charge in [0, 0.05) is 30.1 Å². The molecule has 2 aromatic rings. The first kappa shape index (κ1) is 18.2. The maximum absolute atomic E-state index is 12.8. The Labute approximate surface area is 139 Å². The van der Waals surface area contributed by atoms with Crippen LogP contribution < -0.4 is 10.1 Å². The summed E-state index contributed by atoms with van der Waals surface area (Å²) in [7, 11) is 0. The number of hydrogen-bond acceptors (Lipinski definition) is 5. The smallest absolute Gasteiger partial charge is 0.416 e. The molecule has 0 saturated carbocycles. The number of carbonyl (C=O) groups excluding carboxylic acids is 1. The maximum Gasteiger partial charge on any atom is 0.416 e. The van der Waals surface area contributed by atoms with Crippen molar-refractivity contribution in [3.63, 3.8) is 0 Å². The number of benzene rings is 1. The number of nitrogens with zero attached hydrogens (tertiary/aromatic N) is 2. The van der Waals surface area contributed by atoms with E-state index in [0.717, 1.165) is 6.07 Å². The molecule has 1 aromatic heterocycles. The molecule has 0 unspecified atom stereocenters. The normalized spacial score (nSPS) is 11.0. The summed E-state index contributed by atoms with van der Waals surface area (Å²) < 4.78 is 43.7. The van der Waals surface area contributed by atoms with Gasteiger partial charge in [0.1, 0.15) is 12.4 Å². The second-order valence-electron chi connectivity index (χ2n) is 4.81. The standard InChI is InChI=1S/C15H12F3N3O4/c16-15(17,18)11-7-10(8-12(9-11)21(23)24)14(22)20-5-6-25-13-1-3-19-4-2-13/h1-4,7-9H,5-6H2,(H,20,22). The molecule has 132 valence electrons. The van der Waals surface area contributed by atoms with Crippen LogP contribution in [0.3, 0.4) is 0 Å². The fourth-order valence-corrected chi connectivity index (χ4v) is 1.88. The van der Waals surface area contributed by atoms with Crippen molar-refractivity contribution in [2.24, 2.45) is 0 Å². The van der Waals surface area contributed by atoms with Crippen LogP contribution in [0.2, 0.25) is 0 Å². The van der Waals surface area contributed by atoms with E-state index in [1.165, 1.54) is 12.4 Å². The van der Waals surface area contributed by atoms with Crippen molar-refractivity contribution >= 4 is 11.6 Å². The minimum Gasteiger partial charge on any atom is -0.492 e. The Morgan fingerprint density at radius 2 is 1.92 bits per heavy atom. The van der Waals surface area contributed by atoms with Gasteiger partial charge in [0.25, 0.3) is 11.6 Å². The molecule has 0 atom stereocenters. The lowest BCUT2D eigenvalue weighted by Crippen LogP contribution is -2.28. The molecule has 0 saturated heterocycles. The SMILES string of the molecule is O=C(NCCOc1ccncc1)c1cc([N+](=O)[O-])cc(C(F)(F)F)c1. The maximum atomic E-state index is 12.8. The Morgan fingerprint density at radius 1 is 1.24 bits per heavy atom. The second kappa shape index (κ2) is 7.60. The van der Waals surface area contributed by atoms with Crippen LogP contribution in [0.25, 0.3) is 0 Å². The summed E-state index contributed by atoms with van der Waals surface area (Å²) in [6.07, 6.45) is -1.78. The van der Waals surface area contributed by atoms with E-state index in [-0.39, 0.29) is 13.2 Å². The molecule has 0 radical (unpaired) electrons. The van der Waals surface area contributed by atoms with Gasteiger partial charge in [-0.3, -0.25) is 19.9 Å². The molecule has 7 nitrogen and oxygen atoms in total. The first-order valence-corrected chi connectivity index (χ1v) is 6.95. The summed E-state index contributed by atoms with van der Waals surface area (Å²) in [6, 6.07) is 4.92. The molecular formula is C15H12F3N3O4. The third-order valence-corrected chi connectivity index (χ3v) is 3.02. The van der Waals surface area contributed by atoms with E-state index < -0.39 is 33.8 Å². The van der Waals surface area contributed by atoms with E-state index in [1.54, 1.807) is 12.1 Å². The van der Waals surface area contributed by atoms with E-state index in [4.69, 9.17) is 4.74 Å². The topological polar surface area (TPSA) is 94.4 Å². The summed E-state index contributed by atoms with van der Waals surface area (Å²) in [6.45, 7) is 0.0714. The molecule has 0 aliphatic heterocycles. The zero-order valence-electron chi connectivity index (χ0n) is 12.6. The molecule has 0 aliphatic rings. The summed E-state index contributed by atoms with van der Waals surface area (Å²) >= 11 is 0. The van der Waals surface area contributed by atoms with Crippen molar-refractivity contribution in [1.29, 1.82) is 0 Å². The van der Waals surface area contributed by atoms with Crippen LogP contribution in [0.5, 0.6) is 5.75 Å². The number of pyridine rings is 1. The quantitative estimate of drug-likeness (QED) is 0.488. The zero-order valence-corrected chi connectivity index (χ0v) is 12.6. The molecule has 0 fully saturated rings. The minimum absolute atomic E-state index is 0.00516. The molecular weight excluding hydrogens is 343 g/mol. The lowest BCUT2D eigenvalue weighted by Gasteiger charge is -2.10. The number of nitrogens with one attached hydrogen (secondary N) is 1. The Balaban J connectivity index is 2.03. The van der Waals surface area contributed by atoms with Gasteiger partial charge in [0.15, 0.2) is 0 Å². The molecule has 0 spiro atoms. The van der Waals surface area contributed by atoms with E-state index in [1.807, 2.05) is 0 Å². The summed E-state index contributed by atoms with van der Waals surface area (Å²) in [5.41, 5.74) is -2.53. The van der Waals surface area contributed by atoms with Crippen LogP contribution in [-0.4, -0.2) is 29.0 Å². The highest BCUT2D eigenvalue weighted by Crippen LogP contribution is 2.32. The molecule has 25 heavy (non-hydrogen) atoms. The number of hydrogen-bond donors (Lipinski definition) is 1. The van der Waals surface area contributed by atoms with Gasteiger partial charge in [0.2, 0.25) is 0 Å². The van der Waals surface area contributed by atoms with E-state index in [9.17, 15) is 28.1 Å². The molecule has 10 heteroatoms. The van der Waals surface area contributed by atoms with Crippen LogP contribution >= 0.6 is 0 Å². The van der Waals surface area contributed by atoms with Crippen molar-refractivity contribution in [2.75, 3.05) is 13.2 Å². The summed E-state index contributed by atoms with van der Waals surface area (Å²) in [4.78, 5) is 25.5. The van der Waals surface area contributed by atoms with Gasteiger partial charge in [-0.15, -0.1) is 0 Å². The largest absolute Gasteiger partial charge is 0.492 e. The average molecular weight is 355 g/mol. The van der Waals surface area contributed by atoms with Crippen LogP contribution in [0.4, 0.5) is 18.9 Å². The number of nitro groups is 1. The first-order valence-electron chi connectivity index (χ1n) is 6.95. The van der Waals surface area contributed by atoms with Gasteiger partial charge in [-0.1, -0.05) is 0 Å². The van der Waals surface area contributed by atoms with E-state index in [2.05, 4.69) is 10.3 Å². The van der Waals surface area contributed by atoms with Crippen molar-refractivity contribution in [2.45, 2.75) is 6.18 Å². The number of amides is 1.